The Balaban J connectivity index is 1.28. The summed E-state index contributed by atoms with van der Waals surface area (Å²) >= 11 is 0. The molecule has 3 aromatic rings. The largest absolute Gasteiger partial charge is 0.445 e. The molecule has 1 saturated heterocycles. The minimum Gasteiger partial charge on any atom is -0.445 e. The topological polar surface area (TPSA) is 65.6 Å². The van der Waals surface area contributed by atoms with Crippen molar-refractivity contribution in [3.8, 4) is 0 Å². The molecule has 0 atom stereocenters. The molecular weight excluding hydrogens is 354 g/mol. The number of benzene rings is 2. The molecule has 1 aliphatic rings. The van der Waals surface area contributed by atoms with E-state index in [9.17, 15) is 9.59 Å². The molecule has 0 unspecified atom stereocenters. The first-order valence-corrected chi connectivity index (χ1v) is 9.47. The van der Waals surface area contributed by atoms with Crippen LogP contribution in [0.5, 0.6) is 0 Å². The fourth-order valence-electron chi connectivity index (χ4n) is 3.46. The first kappa shape index (κ1) is 18.3. The Hall–Kier alpha value is -3.12. The van der Waals surface area contributed by atoms with E-state index in [0.29, 0.717) is 19.7 Å². The summed E-state index contributed by atoms with van der Waals surface area (Å²) in [5, 5.41) is 1.03. The lowest BCUT2D eigenvalue weighted by Crippen LogP contribution is -2.48. The van der Waals surface area contributed by atoms with E-state index >= 15 is 0 Å². The Morgan fingerprint density at radius 3 is 2.50 bits per heavy atom. The Morgan fingerprint density at radius 1 is 0.929 bits per heavy atom. The third kappa shape index (κ3) is 4.40. The number of fused-ring (bicyclic) bond motifs is 1. The Labute approximate surface area is 163 Å². The van der Waals surface area contributed by atoms with Gasteiger partial charge in [0.2, 0.25) is 5.56 Å². The van der Waals surface area contributed by atoms with Gasteiger partial charge in [0.25, 0.3) is 0 Å². The van der Waals surface area contributed by atoms with E-state index in [1.165, 1.54) is 5.56 Å². The molecular formula is C22H23N3O3. The van der Waals surface area contributed by atoms with E-state index in [2.05, 4.69) is 16.0 Å². The van der Waals surface area contributed by atoms with Crippen LogP contribution in [0.1, 0.15) is 11.1 Å². The summed E-state index contributed by atoms with van der Waals surface area (Å²) in [4.78, 5) is 30.6. The Morgan fingerprint density at radius 2 is 1.71 bits per heavy atom. The predicted octanol–water partition coefficient (Wildman–Crippen LogP) is 2.98. The summed E-state index contributed by atoms with van der Waals surface area (Å²) in [5.41, 5.74) is 2.95. The van der Waals surface area contributed by atoms with E-state index < -0.39 is 0 Å². The minimum absolute atomic E-state index is 0.0875. The number of aromatic nitrogens is 1. The number of hydrogen-bond donors (Lipinski definition) is 1. The summed E-state index contributed by atoms with van der Waals surface area (Å²) < 4.78 is 5.42. The zero-order valence-corrected chi connectivity index (χ0v) is 15.6. The van der Waals surface area contributed by atoms with Crippen LogP contribution in [0.2, 0.25) is 0 Å². The molecule has 1 N–H and O–H groups in total. The third-order valence-electron chi connectivity index (χ3n) is 5.03. The standard InChI is InChI=1S/C22H23N3O3/c26-21-9-7-19-14-18(6-8-20(19)23-21)15-24-10-12-25(13-11-24)22(27)28-16-17-4-2-1-3-5-17/h1-9,14H,10-13,15-16H2,(H,23,26). The van der Waals surface area contributed by atoms with Crippen molar-refractivity contribution < 1.29 is 9.53 Å². The molecule has 1 fully saturated rings. The molecule has 6 heteroatoms. The molecule has 28 heavy (non-hydrogen) atoms. The lowest BCUT2D eigenvalue weighted by atomic mass is 10.1. The maximum Gasteiger partial charge on any atom is 0.410 e. The van der Waals surface area contributed by atoms with Crippen LogP contribution in [-0.2, 0) is 17.9 Å². The fourth-order valence-corrected chi connectivity index (χ4v) is 3.46. The van der Waals surface area contributed by atoms with E-state index in [1.807, 2.05) is 48.5 Å². The van der Waals surface area contributed by atoms with E-state index in [1.54, 1.807) is 11.0 Å². The molecule has 144 valence electrons. The van der Waals surface area contributed by atoms with Gasteiger partial charge in [-0.05, 0) is 34.7 Å². The minimum atomic E-state index is -0.252. The van der Waals surface area contributed by atoms with Crippen LogP contribution < -0.4 is 5.56 Å². The number of rotatable bonds is 4. The van der Waals surface area contributed by atoms with Gasteiger partial charge in [0.15, 0.2) is 0 Å². The maximum atomic E-state index is 12.3. The van der Waals surface area contributed by atoms with Crippen molar-refractivity contribution in [1.29, 1.82) is 0 Å². The highest BCUT2D eigenvalue weighted by Crippen LogP contribution is 2.15. The lowest BCUT2D eigenvalue weighted by molar-refractivity contribution is 0.0700. The van der Waals surface area contributed by atoms with Gasteiger partial charge in [0, 0.05) is 44.3 Å². The number of ether oxygens (including phenoxy) is 1. The van der Waals surface area contributed by atoms with Crippen molar-refractivity contribution >= 4 is 17.0 Å². The summed E-state index contributed by atoms with van der Waals surface area (Å²) in [6, 6.07) is 19.2. The van der Waals surface area contributed by atoms with Crippen molar-refractivity contribution in [2.24, 2.45) is 0 Å². The first-order chi connectivity index (χ1) is 13.7. The van der Waals surface area contributed by atoms with E-state index in [0.717, 1.165) is 36.1 Å². The highest BCUT2D eigenvalue weighted by Gasteiger charge is 2.22. The van der Waals surface area contributed by atoms with Crippen molar-refractivity contribution in [2.75, 3.05) is 26.2 Å². The second-order valence-electron chi connectivity index (χ2n) is 7.05. The predicted molar refractivity (Wildman–Crippen MR) is 108 cm³/mol. The van der Waals surface area contributed by atoms with Crippen molar-refractivity contribution in [1.82, 2.24) is 14.8 Å². The maximum absolute atomic E-state index is 12.3. The number of H-pyrrole nitrogens is 1. The van der Waals surface area contributed by atoms with Crippen LogP contribution in [0.3, 0.4) is 0 Å². The van der Waals surface area contributed by atoms with Gasteiger partial charge in [-0.25, -0.2) is 4.79 Å². The van der Waals surface area contributed by atoms with Gasteiger partial charge in [-0.2, -0.15) is 0 Å². The lowest BCUT2D eigenvalue weighted by Gasteiger charge is -2.34. The molecule has 2 aromatic carbocycles. The second-order valence-corrected chi connectivity index (χ2v) is 7.05. The highest BCUT2D eigenvalue weighted by molar-refractivity contribution is 5.78. The normalized spacial score (nSPS) is 14.9. The van der Waals surface area contributed by atoms with Gasteiger partial charge in [-0.3, -0.25) is 9.69 Å². The van der Waals surface area contributed by atoms with Crippen molar-refractivity contribution in [3.63, 3.8) is 0 Å². The fraction of sp³-hybridized carbons (Fsp3) is 0.273. The summed E-state index contributed by atoms with van der Waals surface area (Å²) in [7, 11) is 0. The molecule has 0 radical (unpaired) electrons. The summed E-state index contributed by atoms with van der Waals surface area (Å²) in [6.07, 6.45) is -0.252. The van der Waals surface area contributed by atoms with Crippen LogP contribution in [-0.4, -0.2) is 47.1 Å². The molecule has 4 rings (SSSR count). The Kier molecular flexibility index (Phi) is 5.39. The third-order valence-corrected chi connectivity index (χ3v) is 5.03. The van der Waals surface area contributed by atoms with Gasteiger partial charge in [-0.1, -0.05) is 36.4 Å². The zero-order chi connectivity index (χ0) is 19.3. The highest BCUT2D eigenvalue weighted by atomic mass is 16.6. The van der Waals surface area contributed by atoms with Gasteiger partial charge in [0.1, 0.15) is 6.61 Å². The zero-order valence-electron chi connectivity index (χ0n) is 15.6. The van der Waals surface area contributed by atoms with Crippen molar-refractivity contribution in [3.05, 3.63) is 82.1 Å². The average Bonchev–Trinajstić information content (AvgIpc) is 2.73. The molecule has 0 aliphatic carbocycles. The molecule has 1 amide bonds. The summed E-state index contributed by atoms with van der Waals surface area (Å²) in [6.45, 7) is 4.07. The monoisotopic (exact) mass is 377 g/mol. The number of carbonyl (C=O) groups excluding carboxylic acids is 1. The number of aromatic amines is 1. The molecule has 2 heterocycles. The van der Waals surface area contributed by atoms with E-state index in [4.69, 9.17) is 4.74 Å². The molecule has 0 bridgehead atoms. The quantitative estimate of drug-likeness (QED) is 0.759. The number of carbonyl (C=O) groups is 1. The van der Waals surface area contributed by atoms with Gasteiger partial charge in [0.05, 0.1) is 0 Å². The van der Waals surface area contributed by atoms with Crippen LogP contribution in [0, 0.1) is 0 Å². The van der Waals surface area contributed by atoms with E-state index in [-0.39, 0.29) is 11.7 Å². The number of amides is 1. The SMILES string of the molecule is O=C(OCc1ccccc1)N1CCN(Cc2ccc3[nH]c(=O)ccc3c2)CC1. The molecule has 0 spiro atoms. The average molecular weight is 377 g/mol. The molecule has 1 aliphatic heterocycles. The van der Waals surface area contributed by atoms with Crippen LogP contribution in [0.25, 0.3) is 10.9 Å². The number of pyridine rings is 1. The van der Waals surface area contributed by atoms with Crippen molar-refractivity contribution in [2.45, 2.75) is 13.2 Å². The smallest absolute Gasteiger partial charge is 0.410 e. The van der Waals surface area contributed by atoms with Gasteiger partial charge < -0.3 is 14.6 Å². The van der Waals surface area contributed by atoms with Crippen LogP contribution in [0.15, 0.2) is 65.5 Å². The van der Waals surface area contributed by atoms with Crippen LogP contribution in [0.4, 0.5) is 4.79 Å². The number of piperazine rings is 1. The second kappa shape index (κ2) is 8.27. The van der Waals surface area contributed by atoms with Gasteiger partial charge in [-0.15, -0.1) is 0 Å². The molecule has 1 aromatic heterocycles. The number of hydrogen-bond acceptors (Lipinski definition) is 4. The number of nitrogens with zero attached hydrogens (tertiary/aromatic N) is 2. The summed E-state index contributed by atoms with van der Waals surface area (Å²) in [5.74, 6) is 0. The van der Waals surface area contributed by atoms with Gasteiger partial charge >= 0.3 is 6.09 Å². The van der Waals surface area contributed by atoms with Crippen LogP contribution >= 0.6 is 0 Å². The number of nitrogens with one attached hydrogen (secondary N) is 1. The molecule has 0 saturated carbocycles. The molecule has 6 nitrogen and oxygen atoms in total. The first-order valence-electron chi connectivity index (χ1n) is 9.47. The Bertz CT molecular complexity index is 1010.